The van der Waals surface area contributed by atoms with E-state index in [9.17, 15) is 18.0 Å². The van der Waals surface area contributed by atoms with Gasteiger partial charge in [-0.1, -0.05) is 0 Å². The molecule has 0 unspecified atom stereocenters. The third kappa shape index (κ3) is 7.66. The molecule has 0 aromatic carbocycles. The zero-order chi connectivity index (χ0) is 13.5. The molecule has 9 heteroatoms. The van der Waals surface area contributed by atoms with E-state index in [1.54, 1.807) is 0 Å². The second kappa shape index (κ2) is 7.20. The molecule has 0 saturated carbocycles. The van der Waals surface area contributed by atoms with Crippen LogP contribution in [0.25, 0.3) is 0 Å². The van der Waals surface area contributed by atoms with Crippen LogP contribution in [0.2, 0.25) is 0 Å². The van der Waals surface area contributed by atoms with Crippen LogP contribution in [-0.4, -0.2) is 50.9 Å². The number of hydrogen-bond acceptors (Lipinski definition) is 5. The van der Waals surface area contributed by atoms with Crippen LogP contribution in [0.4, 0.5) is 0 Å². The summed E-state index contributed by atoms with van der Waals surface area (Å²) in [6, 6.07) is -1.36. The SMILES string of the molecule is COCCS(=O)(=O)N[C@@H](CCC(N)=O)C(=O)O. The van der Waals surface area contributed by atoms with Crippen LogP contribution in [0.1, 0.15) is 12.8 Å². The van der Waals surface area contributed by atoms with Gasteiger partial charge in [-0.25, -0.2) is 13.1 Å². The molecule has 0 rings (SSSR count). The van der Waals surface area contributed by atoms with E-state index in [1.807, 2.05) is 4.72 Å². The maximum atomic E-state index is 11.4. The standard InChI is InChI=1S/C8H16N2O6S/c1-16-4-5-17(14,15)10-6(8(12)13)2-3-7(9)11/h6,10H,2-5H2,1H3,(H2,9,11)(H,12,13)/t6-/m0/s1. The topological polar surface area (TPSA) is 136 Å². The fourth-order valence-corrected chi connectivity index (χ4v) is 2.14. The van der Waals surface area contributed by atoms with Gasteiger partial charge in [-0.05, 0) is 6.42 Å². The number of amides is 1. The van der Waals surface area contributed by atoms with Crippen LogP contribution in [0, 0.1) is 0 Å². The highest BCUT2D eigenvalue weighted by molar-refractivity contribution is 7.89. The van der Waals surface area contributed by atoms with Crippen molar-refractivity contribution in [1.29, 1.82) is 0 Å². The molecule has 0 aliphatic carbocycles. The van der Waals surface area contributed by atoms with Gasteiger partial charge in [-0.2, -0.15) is 0 Å². The normalized spacial score (nSPS) is 13.2. The predicted octanol–water partition coefficient (Wildman–Crippen LogP) is -1.73. The molecular weight excluding hydrogens is 252 g/mol. The van der Waals surface area contributed by atoms with Crippen molar-refractivity contribution in [3.63, 3.8) is 0 Å². The largest absolute Gasteiger partial charge is 0.480 e. The molecule has 0 aromatic rings. The first-order valence-electron chi connectivity index (χ1n) is 4.78. The smallest absolute Gasteiger partial charge is 0.321 e. The first kappa shape index (κ1) is 15.8. The number of ether oxygens (including phenoxy) is 1. The van der Waals surface area contributed by atoms with Crippen molar-refractivity contribution in [3.8, 4) is 0 Å². The van der Waals surface area contributed by atoms with Crippen LogP contribution in [0.5, 0.6) is 0 Å². The number of rotatable bonds is 9. The zero-order valence-electron chi connectivity index (χ0n) is 9.38. The van der Waals surface area contributed by atoms with E-state index in [-0.39, 0.29) is 25.2 Å². The molecule has 100 valence electrons. The lowest BCUT2D eigenvalue weighted by Crippen LogP contribution is -2.42. The van der Waals surface area contributed by atoms with Crippen molar-refractivity contribution >= 4 is 21.9 Å². The van der Waals surface area contributed by atoms with Gasteiger partial charge in [-0.3, -0.25) is 9.59 Å². The fraction of sp³-hybridized carbons (Fsp3) is 0.750. The highest BCUT2D eigenvalue weighted by Crippen LogP contribution is 2.00. The van der Waals surface area contributed by atoms with Crippen molar-refractivity contribution in [1.82, 2.24) is 4.72 Å². The van der Waals surface area contributed by atoms with E-state index >= 15 is 0 Å². The molecule has 8 nitrogen and oxygen atoms in total. The molecule has 0 saturated heterocycles. The van der Waals surface area contributed by atoms with Crippen molar-refractivity contribution < 1.29 is 27.9 Å². The Kier molecular flexibility index (Phi) is 6.69. The van der Waals surface area contributed by atoms with Crippen molar-refractivity contribution in [3.05, 3.63) is 0 Å². The van der Waals surface area contributed by atoms with E-state index in [1.165, 1.54) is 7.11 Å². The quantitative estimate of drug-likeness (QED) is 0.454. The maximum absolute atomic E-state index is 11.4. The Labute approximate surface area is 99.2 Å². The Hall–Kier alpha value is -1.19. The number of primary amides is 1. The summed E-state index contributed by atoms with van der Waals surface area (Å²) in [6.45, 7) is -0.0442. The second-order valence-corrected chi connectivity index (χ2v) is 5.20. The second-order valence-electron chi connectivity index (χ2n) is 3.33. The van der Waals surface area contributed by atoms with Gasteiger partial charge in [0.2, 0.25) is 15.9 Å². The number of hydrogen-bond donors (Lipinski definition) is 3. The van der Waals surface area contributed by atoms with Crippen LogP contribution in [-0.2, 0) is 24.3 Å². The highest BCUT2D eigenvalue weighted by atomic mass is 32.2. The number of methoxy groups -OCH3 is 1. The molecular formula is C8H16N2O6S. The predicted molar refractivity (Wildman–Crippen MR) is 58.7 cm³/mol. The van der Waals surface area contributed by atoms with Gasteiger partial charge < -0.3 is 15.6 Å². The monoisotopic (exact) mass is 268 g/mol. The molecule has 0 heterocycles. The van der Waals surface area contributed by atoms with E-state index in [0.717, 1.165) is 0 Å². The van der Waals surface area contributed by atoms with Crippen molar-refractivity contribution in [2.24, 2.45) is 5.73 Å². The van der Waals surface area contributed by atoms with Crippen molar-refractivity contribution in [2.75, 3.05) is 19.5 Å². The number of nitrogens with one attached hydrogen (secondary N) is 1. The molecule has 1 amide bonds. The zero-order valence-corrected chi connectivity index (χ0v) is 10.2. The lowest BCUT2D eigenvalue weighted by molar-refractivity contribution is -0.139. The molecule has 0 aliphatic rings. The Morgan fingerprint density at radius 3 is 2.47 bits per heavy atom. The average molecular weight is 268 g/mol. The minimum Gasteiger partial charge on any atom is -0.480 e. The summed E-state index contributed by atoms with van der Waals surface area (Å²) in [4.78, 5) is 21.2. The molecule has 4 N–H and O–H groups in total. The van der Waals surface area contributed by atoms with Gasteiger partial charge in [0.1, 0.15) is 6.04 Å². The Morgan fingerprint density at radius 1 is 1.47 bits per heavy atom. The number of aliphatic carboxylic acids is 1. The average Bonchev–Trinajstić information content (AvgIpc) is 2.20. The molecule has 0 spiro atoms. The first-order valence-corrected chi connectivity index (χ1v) is 6.44. The van der Waals surface area contributed by atoms with Gasteiger partial charge >= 0.3 is 5.97 Å². The third-order valence-corrected chi connectivity index (χ3v) is 3.20. The summed E-state index contributed by atoms with van der Waals surface area (Å²) in [5.41, 5.74) is 4.86. The summed E-state index contributed by atoms with van der Waals surface area (Å²) in [5.74, 6) is -2.39. The summed E-state index contributed by atoms with van der Waals surface area (Å²) in [6.07, 6.45) is -0.388. The number of carboxylic acid groups (broad SMARTS) is 1. The van der Waals surface area contributed by atoms with Gasteiger partial charge in [0.15, 0.2) is 0 Å². The van der Waals surface area contributed by atoms with E-state index < -0.39 is 27.9 Å². The minimum absolute atomic E-state index is 0.0442. The summed E-state index contributed by atoms with van der Waals surface area (Å²) in [7, 11) is -2.41. The molecule has 1 atom stereocenters. The highest BCUT2D eigenvalue weighted by Gasteiger charge is 2.23. The van der Waals surface area contributed by atoms with Gasteiger partial charge in [-0.15, -0.1) is 0 Å². The van der Waals surface area contributed by atoms with Gasteiger partial charge in [0.05, 0.1) is 12.4 Å². The summed E-state index contributed by atoms with van der Waals surface area (Å²) in [5, 5.41) is 8.76. The van der Waals surface area contributed by atoms with E-state index in [0.29, 0.717) is 0 Å². The van der Waals surface area contributed by atoms with E-state index in [2.05, 4.69) is 4.74 Å². The summed E-state index contributed by atoms with van der Waals surface area (Å²) >= 11 is 0. The number of carbonyl (C=O) groups excluding carboxylic acids is 1. The van der Waals surface area contributed by atoms with Crippen molar-refractivity contribution in [2.45, 2.75) is 18.9 Å². The Balaban J connectivity index is 4.43. The lowest BCUT2D eigenvalue weighted by Gasteiger charge is -2.13. The first-order chi connectivity index (χ1) is 7.78. The molecule has 0 aromatic heterocycles. The number of nitrogens with two attached hydrogens (primary N) is 1. The third-order valence-electron chi connectivity index (χ3n) is 1.86. The number of sulfonamides is 1. The summed E-state index contributed by atoms with van der Waals surface area (Å²) < 4.78 is 29.3. The Morgan fingerprint density at radius 2 is 2.06 bits per heavy atom. The molecule has 0 fully saturated rings. The molecule has 0 radical (unpaired) electrons. The number of carboxylic acids is 1. The van der Waals surface area contributed by atoms with E-state index in [4.69, 9.17) is 10.8 Å². The molecule has 17 heavy (non-hydrogen) atoms. The Bertz CT molecular complexity index is 366. The molecule has 0 aliphatic heterocycles. The van der Waals surface area contributed by atoms with Gasteiger partial charge in [0.25, 0.3) is 0 Å². The minimum atomic E-state index is -3.74. The lowest BCUT2D eigenvalue weighted by atomic mass is 10.2. The fourth-order valence-electron chi connectivity index (χ4n) is 0.988. The number of carbonyl (C=O) groups is 2. The maximum Gasteiger partial charge on any atom is 0.321 e. The van der Waals surface area contributed by atoms with Crippen LogP contribution in [0.3, 0.4) is 0 Å². The van der Waals surface area contributed by atoms with Crippen LogP contribution < -0.4 is 10.5 Å². The van der Waals surface area contributed by atoms with Crippen LogP contribution >= 0.6 is 0 Å². The molecule has 0 bridgehead atoms. The van der Waals surface area contributed by atoms with Gasteiger partial charge in [0, 0.05) is 13.5 Å². The van der Waals surface area contributed by atoms with Crippen LogP contribution in [0.15, 0.2) is 0 Å².